The monoisotopic (exact) mass is 402 g/mol. The van der Waals surface area contributed by atoms with Crippen LogP contribution in [-0.4, -0.2) is 36.0 Å². The van der Waals surface area contributed by atoms with Crippen LogP contribution in [0.3, 0.4) is 0 Å². The summed E-state index contributed by atoms with van der Waals surface area (Å²) < 4.78 is 5.53. The van der Waals surface area contributed by atoms with E-state index in [1.165, 1.54) is 0 Å². The van der Waals surface area contributed by atoms with Crippen LogP contribution >= 0.6 is 15.9 Å². The third-order valence-corrected chi connectivity index (χ3v) is 4.29. The van der Waals surface area contributed by atoms with Gasteiger partial charge in [-0.25, -0.2) is 9.69 Å². The first kappa shape index (κ1) is 17.2. The Morgan fingerprint density at radius 3 is 2.56 bits per heavy atom. The van der Waals surface area contributed by atoms with E-state index in [-0.39, 0.29) is 19.1 Å². The number of halogens is 1. The van der Waals surface area contributed by atoms with Gasteiger partial charge in [0.2, 0.25) is 0 Å². The molecule has 1 unspecified atom stereocenters. The van der Waals surface area contributed by atoms with E-state index in [2.05, 4.69) is 21.2 Å². The normalized spacial score (nSPS) is 15.0. The van der Waals surface area contributed by atoms with E-state index in [1.54, 1.807) is 18.2 Å². The molecule has 2 aromatic rings. The van der Waals surface area contributed by atoms with Gasteiger partial charge >= 0.3 is 6.09 Å². The maximum absolute atomic E-state index is 12.6. The van der Waals surface area contributed by atoms with E-state index in [1.807, 2.05) is 36.4 Å². The summed E-state index contributed by atoms with van der Waals surface area (Å²) in [7, 11) is 0. The molecule has 3 rings (SSSR count). The van der Waals surface area contributed by atoms with Crippen molar-refractivity contribution in [3.63, 3.8) is 0 Å². The molecule has 128 valence electrons. The summed E-state index contributed by atoms with van der Waals surface area (Å²) in [5, 5.41) is 2.88. The number of carbonyl (C=O) groups excluding carboxylic acids is 3. The Balaban J connectivity index is 1.83. The average molecular weight is 403 g/mol. The van der Waals surface area contributed by atoms with Crippen molar-refractivity contribution >= 4 is 33.8 Å². The Hall–Kier alpha value is -2.67. The molecule has 6 nitrogen and oxygen atoms in total. The predicted molar refractivity (Wildman–Crippen MR) is 93.9 cm³/mol. The molecule has 0 saturated carbocycles. The molecule has 0 aliphatic carbocycles. The standard InChI is InChI=1S/C18H15BrN2O4/c19-14-8-4-7-13(9-14)17(23)20-15(12-5-2-1-3-6-12)10-21-16(22)11-25-18(21)24/h1-9,15H,10-11H2,(H,20,23). The second kappa shape index (κ2) is 7.48. The minimum Gasteiger partial charge on any atom is -0.439 e. The van der Waals surface area contributed by atoms with Gasteiger partial charge in [0.15, 0.2) is 6.61 Å². The Morgan fingerprint density at radius 2 is 1.92 bits per heavy atom. The van der Waals surface area contributed by atoms with Crippen LogP contribution in [0.5, 0.6) is 0 Å². The van der Waals surface area contributed by atoms with Crippen LogP contribution in [0.1, 0.15) is 22.0 Å². The van der Waals surface area contributed by atoms with E-state index in [0.29, 0.717) is 5.56 Å². The van der Waals surface area contributed by atoms with Crippen LogP contribution in [0, 0.1) is 0 Å². The smallest absolute Gasteiger partial charge is 0.417 e. The molecule has 0 spiro atoms. The van der Waals surface area contributed by atoms with Crippen LogP contribution in [0.15, 0.2) is 59.1 Å². The van der Waals surface area contributed by atoms with Gasteiger partial charge in [-0.3, -0.25) is 9.59 Å². The zero-order valence-corrected chi connectivity index (χ0v) is 14.7. The topological polar surface area (TPSA) is 75.7 Å². The highest BCUT2D eigenvalue weighted by Crippen LogP contribution is 2.19. The SMILES string of the molecule is O=C(NC(CN1C(=O)COC1=O)c1ccccc1)c1cccc(Br)c1. The number of cyclic esters (lactones) is 1. The number of hydrogen-bond donors (Lipinski definition) is 1. The van der Waals surface area contributed by atoms with E-state index >= 15 is 0 Å². The number of rotatable bonds is 5. The highest BCUT2D eigenvalue weighted by atomic mass is 79.9. The third kappa shape index (κ3) is 4.06. The lowest BCUT2D eigenvalue weighted by Crippen LogP contribution is -2.40. The van der Waals surface area contributed by atoms with E-state index in [4.69, 9.17) is 4.74 Å². The lowest BCUT2D eigenvalue weighted by molar-refractivity contribution is -0.126. The van der Waals surface area contributed by atoms with Crippen molar-refractivity contribution in [1.29, 1.82) is 0 Å². The summed E-state index contributed by atoms with van der Waals surface area (Å²) in [6.45, 7) is -0.249. The number of nitrogens with one attached hydrogen (secondary N) is 1. The zero-order chi connectivity index (χ0) is 17.8. The Morgan fingerprint density at radius 1 is 1.16 bits per heavy atom. The van der Waals surface area contributed by atoms with Crippen LogP contribution in [-0.2, 0) is 9.53 Å². The molecule has 3 amide bonds. The Kier molecular flexibility index (Phi) is 5.14. The molecule has 0 bridgehead atoms. The molecule has 0 aromatic heterocycles. The van der Waals surface area contributed by atoms with Crippen molar-refractivity contribution in [2.45, 2.75) is 6.04 Å². The van der Waals surface area contributed by atoms with Gasteiger partial charge in [0.05, 0.1) is 12.6 Å². The quantitative estimate of drug-likeness (QED) is 0.833. The molecular formula is C18H15BrN2O4. The minimum absolute atomic E-state index is 0.0153. The molecule has 1 aliphatic rings. The first-order valence-corrected chi connectivity index (χ1v) is 8.42. The molecule has 1 aliphatic heterocycles. The van der Waals surface area contributed by atoms with E-state index < -0.39 is 18.0 Å². The van der Waals surface area contributed by atoms with Crippen molar-refractivity contribution < 1.29 is 19.1 Å². The van der Waals surface area contributed by atoms with Crippen molar-refractivity contribution in [3.8, 4) is 0 Å². The van der Waals surface area contributed by atoms with Gasteiger partial charge in [0.25, 0.3) is 11.8 Å². The number of carbonyl (C=O) groups is 3. The Labute approximate surface area is 152 Å². The van der Waals surface area contributed by atoms with Gasteiger partial charge in [0, 0.05) is 10.0 Å². The fourth-order valence-electron chi connectivity index (χ4n) is 2.53. The maximum atomic E-state index is 12.6. The zero-order valence-electron chi connectivity index (χ0n) is 13.1. The lowest BCUT2D eigenvalue weighted by atomic mass is 10.1. The largest absolute Gasteiger partial charge is 0.439 e. The molecule has 1 heterocycles. The van der Waals surface area contributed by atoms with Crippen molar-refractivity contribution in [2.24, 2.45) is 0 Å². The summed E-state index contributed by atoms with van der Waals surface area (Å²) in [5.41, 5.74) is 1.27. The summed E-state index contributed by atoms with van der Waals surface area (Å²) in [4.78, 5) is 37.1. The van der Waals surface area contributed by atoms with Crippen LogP contribution in [0.4, 0.5) is 4.79 Å². The summed E-state index contributed by atoms with van der Waals surface area (Å²) in [6.07, 6.45) is -0.692. The van der Waals surface area contributed by atoms with Crippen LogP contribution in [0.2, 0.25) is 0 Å². The number of hydrogen-bond acceptors (Lipinski definition) is 4. The summed E-state index contributed by atoms with van der Waals surface area (Å²) in [6, 6.07) is 15.6. The van der Waals surface area contributed by atoms with Crippen molar-refractivity contribution in [1.82, 2.24) is 10.2 Å². The molecule has 25 heavy (non-hydrogen) atoms. The molecular weight excluding hydrogens is 388 g/mol. The molecule has 2 aromatic carbocycles. The van der Waals surface area contributed by atoms with E-state index in [0.717, 1.165) is 14.9 Å². The lowest BCUT2D eigenvalue weighted by Gasteiger charge is -2.23. The number of imide groups is 1. The average Bonchev–Trinajstić information content (AvgIpc) is 2.93. The minimum atomic E-state index is -0.692. The van der Waals surface area contributed by atoms with Gasteiger partial charge in [0.1, 0.15) is 0 Å². The first-order chi connectivity index (χ1) is 12.0. The molecule has 1 saturated heterocycles. The second-order valence-corrected chi connectivity index (χ2v) is 6.42. The summed E-state index contributed by atoms with van der Waals surface area (Å²) >= 11 is 3.33. The number of nitrogens with zero attached hydrogens (tertiary/aromatic N) is 1. The maximum Gasteiger partial charge on any atom is 0.417 e. The molecule has 1 fully saturated rings. The molecule has 0 radical (unpaired) electrons. The van der Waals surface area contributed by atoms with Gasteiger partial charge in [-0.15, -0.1) is 0 Å². The predicted octanol–water partition coefficient (Wildman–Crippen LogP) is 2.90. The third-order valence-electron chi connectivity index (χ3n) is 3.80. The molecule has 1 atom stereocenters. The highest BCUT2D eigenvalue weighted by molar-refractivity contribution is 9.10. The first-order valence-electron chi connectivity index (χ1n) is 7.63. The van der Waals surface area contributed by atoms with Gasteiger partial charge in [-0.1, -0.05) is 52.3 Å². The molecule has 1 N–H and O–H groups in total. The molecule has 7 heteroatoms. The fraction of sp³-hybridized carbons (Fsp3) is 0.167. The van der Waals surface area contributed by atoms with Gasteiger partial charge < -0.3 is 10.1 Å². The van der Waals surface area contributed by atoms with Crippen LogP contribution in [0.25, 0.3) is 0 Å². The van der Waals surface area contributed by atoms with E-state index in [9.17, 15) is 14.4 Å². The fourth-order valence-corrected chi connectivity index (χ4v) is 2.93. The number of benzene rings is 2. The summed E-state index contributed by atoms with van der Waals surface area (Å²) in [5.74, 6) is -0.710. The second-order valence-electron chi connectivity index (χ2n) is 5.51. The highest BCUT2D eigenvalue weighted by Gasteiger charge is 2.33. The van der Waals surface area contributed by atoms with Crippen molar-refractivity contribution in [3.05, 3.63) is 70.2 Å². The number of amides is 3. The Bertz CT molecular complexity index is 794. The van der Waals surface area contributed by atoms with Gasteiger partial charge in [-0.2, -0.15) is 0 Å². The van der Waals surface area contributed by atoms with Crippen LogP contribution < -0.4 is 5.32 Å². The van der Waals surface area contributed by atoms with Gasteiger partial charge in [-0.05, 0) is 23.8 Å². The van der Waals surface area contributed by atoms with Crippen molar-refractivity contribution in [2.75, 3.05) is 13.2 Å². The number of ether oxygens (including phenoxy) is 1.